The maximum Gasteiger partial charge on any atom is 0.306 e. The molecule has 2 N–H and O–H groups in total. The van der Waals surface area contributed by atoms with Gasteiger partial charge in [-0.2, -0.15) is 0 Å². The normalized spacial score (nSPS) is 27.1. The third-order valence-corrected chi connectivity index (χ3v) is 5.04. The minimum atomic E-state index is -0.741. The van der Waals surface area contributed by atoms with E-state index in [1.165, 1.54) is 0 Å². The lowest BCUT2D eigenvalue weighted by Crippen LogP contribution is -2.42. The Balaban J connectivity index is 1.65. The van der Waals surface area contributed by atoms with Crippen molar-refractivity contribution >= 4 is 17.7 Å². The summed E-state index contributed by atoms with van der Waals surface area (Å²) in [5, 5.41) is 12.1. The molecule has 1 aromatic rings. The number of rotatable bonds is 3. The van der Waals surface area contributed by atoms with Crippen molar-refractivity contribution in [3.8, 4) is 0 Å². The highest BCUT2D eigenvalue weighted by Crippen LogP contribution is 2.32. The maximum atomic E-state index is 12.6. The van der Waals surface area contributed by atoms with Crippen LogP contribution in [0.2, 0.25) is 0 Å². The number of ketones is 1. The molecule has 5 heteroatoms. The second-order valence-electron chi connectivity index (χ2n) is 6.50. The Morgan fingerprint density at radius 2 is 1.74 bits per heavy atom. The highest BCUT2D eigenvalue weighted by molar-refractivity contribution is 6.01. The van der Waals surface area contributed by atoms with Crippen molar-refractivity contribution in [3.05, 3.63) is 35.4 Å². The fourth-order valence-electron chi connectivity index (χ4n) is 3.68. The Labute approximate surface area is 135 Å². The summed E-state index contributed by atoms with van der Waals surface area (Å²) in [6.07, 6.45) is 3.58. The molecule has 1 saturated carbocycles. The summed E-state index contributed by atoms with van der Waals surface area (Å²) >= 11 is 0. The van der Waals surface area contributed by atoms with Gasteiger partial charge in [-0.25, -0.2) is 0 Å². The zero-order valence-corrected chi connectivity index (χ0v) is 13.0. The van der Waals surface area contributed by atoms with Crippen molar-refractivity contribution in [2.75, 3.05) is 0 Å². The molecule has 1 unspecified atom stereocenters. The molecule has 3 rings (SSSR count). The summed E-state index contributed by atoms with van der Waals surface area (Å²) in [6, 6.07) is 7.37. The van der Waals surface area contributed by atoms with Crippen LogP contribution < -0.4 is 5.32 Å². The van der Waals surface area contributed by atoms with Gasteiger partial charge in [0.1, 0.15) is 0 Å². The molecule has 0 bridgehead atoms. The largest absolute Gasteiger partial charge is 0.481 e. The number of carbonyl (C=O) groups is 3. The van der Waals surface area contributed by atoms with Crippen molar-refractivity contribution in [1.29, 1.82) is 0 Å². The number of fused-ring (bicyclic) bond motifs is 1. The van der Waals surface area contributed by atoms with E-state index >= 15 is 0 Å². The van der Waals surface area contributed by atoms with E-state index in [1.807, 2.05) is 18.2 Å². The van der Waals surface area contributed by atoms with Crippen LogP contribution in [0.5, 0.6) is 0 Å². The second-order valence-corrected chi connectivity index (χ2v) is 6.50. The lowest BCUT2D eigenvalue weighted by atomic mass is 9.81. The Bertz CT molecular complexity index is 632. The Morgan fingerprint density at radius 3 is 2.43 bits per heavy atom. The predicted molar refractivity (Wildman–Crippen MR) is 84.3 cm³/mol. The molecule has 0 saturated heterocycles. The fraction of sp³-hybridized carbons (Fsp3) is 0.500. The third-order valence-electron chi connectivity index (χ3n) is 5.04. The minimum Gasteiger partial charge on any atom is -0.481 e. The van der Waals surface area contributed by atoms with Crippen molar-refractivity contribution in [1.82, 2.24) is 5.32 Å². The average molecular weight is 315 g/mol. The zero-order chi connectivity index (χ0) is 16.4. The fourth-order valence-corrected chi connectivity index (χ4v) is 3.68. The Hall–Kier alpha value is -2.17. The predicted octanol–water partition coefficient (Wildman–Crippen LogP) is 2.51. The van der Waals surface area contributed by atoms with Crippen LogP contribution in [0, 0.1) is 5.92 Å². The van der Waals surface area contributed by atoms with Crippen LogP contribution >= 0.6 is 0 Å². The maximum absolute atomic E-state index is 12.6. The lowest BCUT2D eigenvalue weighted by Gasteiger charge is -2.30. The van der Waals surface area contributed by atoms with E-state index in [9.17, 15) is 14.4 Å². The molecule has 1 fully saturated rings. The van der Waals surface area contributed by atoms with Gasteiger partial charge in [0, 0.05) is 18.0 Å². The van der Waals surface area contributed by atoms with Gasteiger partial charge in [-0.1, -0.05) is 24.3 Å². The molecule has 1 atom stereocenters. The van der Waals surface area contributed by atoms with Crippen LogP contribution in [0.3, 0.4) is 0 Å². The molecule has 2 aliphatic carbocycles. The molecule has 2 aliphatic rings. The van der Waals surface area contributed by atoms with E-state index < -0.39 is 5.97 Å². The number of nitrogens with one attached hydrogen (secondary N) is 1. The molecule has 1 amide bonds. The van der Waals surface area contributed by atoms with E-state index in [4.69, 9.17) is 5.11 Å². The standard InChI is InChI=1S/C18H21NO4/c20-16-10-9-15(13-3-1-2-4-14(13)16)17(21)19-12-7-5-11(6-8-12)18(22)23/h1-4,11-12,15H,5-10H2,(H,19,21)(H,22,23). The SMILES string of the molecule is O=C1CCC(C(=O)NC2CCC(C(=O)O)CC2)c2ccccc21. The number of hydrogen-bond donors (Lipinski definition) is 2. The second kappa shape index (κ2) is 6.52. The third kappa shape index (κ3) is 3.28. The van der Waals surface area contributed by atoms with Gasteiger partial charge in [0.25, 0.3) is 0 Å². The Kier molecular flexibility index (Phi) is 4.46. The van der Waals surface area contributed by atoms with Gasteiger partial charge in [-0.15, -0.1) is 0 Å². The smallest absolute Gasteiger partial charge is 0.306 e. The van der Waals surface area contributed by atoms with E-state index in [0.717, 1.165) is 5.56 Å². The minimum absolute atomic E-state index is 0.0382. The lowest BCUT2D eigenvalue weighted by molar-refractivity contribution is -0.142. The van der Waals surface area contributed by atoms with Gasteiger partial charge in [-0.3, -0.25) is 14.4 Å². The van der Waals surface area contributed by atoms with E-state index in [2.05, 4.69) is 5.32 Å². The number of benzene rings is 1. The molecule has 23 heavy (non-hydrogen) atoms. The number of carboxylic acids is 1. The molecular weight excluding hydrogens is 294 g/mol. The topological polar surface area (TPSA) is 83.5 Å². The molecule has 0 heterocycles. The van der Waals surface area contributed by atoms with Crippen molar-refractivity contribution in [2.45, 2.75) is 50.5 Å². The van der Waals surface area contributed by atoms with Crippen LogP contribution in [-0.2, 0) is 9.59 Å². The number of carbonyl (C=O) groups excluding carboxylic acids is 2. The average Bonchev–Trinajstić information content (AvgIpc) is 2.56. The summed E-state index contributed by atoms with van der Waals surface area (Å²) in [4.78, 5) is 35.5. The summed E-state index contributed by atoms with van der Waals surface area (Å²) in [5.74, 6) is -1.23. The molecule has 122 valence electrons. The quantitative estimate of drug-likeness (QED) is 0.897. The van der Waals surface area contributed by atoms with Crippen LogP contribution in [0.25, 0.3) is 0 Å². The number of carboxylic acid groups (broad SMARTS) is 1. The van der Waals surface area contributed by atoms with Gasteiger partial charge in [0.15, 0.2) is 5.78 Å². The first-order valence-corrected chi connectivity index (χ1v) is 8.21. The summed E-state index contributed by atoms with van der Waals surface area (Å²) in [7, 11) is 0. The van der Waals surface area contributed by atoms with E-state index in [0.29, 0.717) is 44.1 Å². The van der Waals surface area contributed by atoms with Crippen molar-refractivity contribution < 1.29 is 19.5 Å². The molecule has 0 radical (unpaired) electrons. The van der Waals surface area contributed by atoms with E-state index in [1.54, 1.807) is 6.07 Å². The van der Waals surface area contributed by atoms with Crippen molar-refractivity contribution in [3.63, 3.8) is 0 Å². The molecule has 0 aliphatic heterocycles. The van der Waals surface area contributed by atoms with Gasteiger partial charge in [-0.05, 0) is 37.7 Å². The first-order chi connectivity index (χ1) is 11.1. The van der Waals surface area contributed by atoms with Crippen molar-refractivity contribution in [2.24, 2.45) is 5.92 Å². The van der Waals surface area contributed by atoms with Gasteiger partial charge >= 0.3 is 5.97 Å². The molecule has 0 aromatic heterocycles. The van der Waals surface area contributed by atoms with Crippen LogP contribution in [0.15, 0.2) is 24.3 Å². The van der Waals surface area contributed by atoms with Crippen LogP contribution in [-0.4, -0.2) is 28.8 Å². The van der Waals surface area contributed by atoms with E-state index in [-0.39, 0.29) is 29.6 Å². The summed E-state index contributed by atoms with van der Waals surface area (Å²) < 4.78 is 0. The molecule has 1 aromatic carbocycles. The van der Waals surface area contributed by atoms with Gasteiger partial charge < -0.3 is 10.4 Å². The zero-order valence-electron chi connectivity index (χ0n) is 13.0. The number of amides is 1. The highest BCUT2D eigenvalue weighted by atomic mass is 16.4. The first kappa shape index (κ1) is 15.7. The monoisotopic (exact) mass is 315 g/mol. The number of aliphatic carboxylic acids is 1. The highest BCUT2D eigenvalue weighted by Gasteiger charge is 2.32. The first-order valence-electron chi connectivity index (χ1n) is 8.21. The van der Waals surface area contributed by atoms with Gasteiger partial charge in [0.05, 0.1) is 11.8 Å². The number of Topliss-reactive ketones (excluding diaryl/α,β-unsaturated/α-hetero) is 1. The summed E-state index contributed by atoms with van der Waals surface area (Å²) in [5.41, 5.74) is 1.48. The molecular formula is C18H21NO4. The summed E-state index contributed by atoms with van der Waals surface area (Å²) in [6.45, 7) is 0. The van der Waals surface area contributed by atoms with Gasteiger partial charge in [0.2, 0.25) is 5.91 Å². The molecule has 5 nitrogen and oxygen atoms in total. The number of hydrogen-bond acceptors (Lipinski definition) is 3. The van der Waals surface area contributed by atoms with Crippen LogP contribution in [0.1, 0.15) is 60.4 Å². The molecule has 0 spiro atoms. The van der Waals surface area contributed by atoms with Crippen LogP contribution in [0.4, 0.5) is 0 Å². The Morgan fingerprint density at radius 1 is 1.04 bits per heavy atom.